The SMILES string of the molecule is O=C([O-])CCNS(=O)(=O)c1ccccc1. The molecule has 1 aromatic rings. The van der Waals surface area contributed by atoms with E-state index < -0.39 is 16.0 Å². The van der Waals surface area contributed by atoms with Crippen LogP contribution in [0.1, 0.15) is 6.42 Å². The summed E-state index contributed by atoms with van der Waals surface area (Å²) in [5, 5.41) is 10.1. The molecule has 0 saturated heterocycles. The minimum Gasteiger partial charge on any atom is -0.550 e. The van der Waals surface area contributed by atoms with E-state index >= 15 is 0 Å². The lowest BCUT2D eigenvalue weighted by atomic mass is 10.4. The monoisotopic (exact) mass is 228 g/mol. The van der Waals surface area contributed by atoms with Crippen molar-refractivity contribution in [2.24, 2.45) is 0 Å². The Bertz CT molecular complexity index is 427. The highest BCUT2D eigenvalue weighted by molar-refractivity contribution is 7.89. The number of carbonyl (C=O) groups excluding carboxylic acids is 1. The van der Waals surface area contributed by atoms with Crippen molar-refractivity contribution in [2.75, 3.05) is 6.54 Å². The van der Waals surface area contributed by atoms with Crippen LogP contribution in [0.5, 0.6) is 0 Å². The van der Waals surface area contributed by atoms with E-state index in [1.165, 1.54) is 12.1 Å². The maximum atomic E-state index is 11.5. The van der Waals surface area contributed by atoms with Gasteiger partial charge in [-0.05, 0) is 12.1 Å². The largest absolute Gasteiger partial charge is 0.550 e. The third kappa shape index (κ3) is 3.69. The van der Waals surface area contributed by atoms with Crippen molar-refractivity contribution < 1.29 is 18.3 Å². The van der Waals surface area contributed by atoms with Crippen LogP contribution in [-0.4, -0.2) is 20.9 Å². The molecule has 0 aromatic heterocycles. The molecular weight excluding hydrogens is 218 g/mol. The number of nitrogens with one attached hydrogen (secondary N) is 1. The first-order valence-corrected chi connectivity index (χ1v) is 5.75. The second kappa shape index (κ2) is 4.90. The molecule has 0 fully saturated rings. The Hall–Kier alpha value is -1.40. The van der Waals surface area contributed by atoms with Crippen LogP contribution < -0.4 is 9.83 Å². The van der Waals surface area contributed by atoms with Crippen molar-refractivity contribution >= 4 is 16.0 Å². The van der Waals surface area contributed by atoms with Crippen LogP contribution in [0.4, 0.5) is 0 Å². The van der Waals surface area contributed by atoms with Crippen molar-refractivity contribution in [1.29, 1.82) is 0 Å². The number of carboxylic acids is 1. The summed E-state index contributed by atoms with van der Waals surface area (Å²) in [6.45, 7) is -0.167. The number of sulfonamides is 1. The molecule has 1 rings (SSSR count). The van der Waals surface area contributed by atoms with Gasteiger partial charge in [0.2, 0.25) is 10.0 Å². The number of hydrogen-bond donors (Lipinski definition) is 1. The van der Waals surface area contributed by atoms with E-state index in [0.717, 1.165) is 0 Å². The molecule has 15 heavy (non-hydrogen) atoms. The Balaban J connectivity index is 2.65. The van der Waals surface area contributed by atoms with E-state index in [1.807, 2.05) is 0 Å². The zero-order valence-corrected chi connectivity index (χ0v) is 8.66. The van der Waals surface area contributed by atoms with Crippen molar-refractivity contribution in [2.45, 2.75) is 11.3 Å². The molecule has 5 nitrogen and oxygen atoms in total. The normalized spacial score (nSPS) is 11.2. The van der Waals surface area contributed by atoms with Crippen molar-refractivity contribution in [1.82, 2.24) is 4.72 Å². The zero-order valence-electron chi connectivity index (χ0n) is 7.84. The Morgan fingerprint density at radius 3 is 2.40 bits per heavy atom. The second-order valence-electron chi connectivity index (χ2n) is 2.83. The summed E-state index contributed by atoms with van der Waals surface area (Å²) >= 11 is 0. The molecule has 0 spiro atoms. The third-order valence-corrected chi connectivity index (χ3v) is 3.15. The van der Waals surface area contributed by atoms with E-state index in [0.29, 0.717) is 0 Å². The van der Waals surface area contributed by atoms with Crippen LogP contribution in [0, 0.1) is 0 Å². The van der Waals surface area contributed by atoms with E-state index in [9.17, 15) is 18.3 Å². The molecule has 82 valence electrons. The summed E-state index contributed by atoms with van der Waals surface area (Å²) in [5.74, 6) is -1.29. The summed E-state index contributed by atoms with van der Waals surface area (Å²) in [6, 6.07) is 7.74. The molecule has 0 atom stereocenters. The molecule has 0 bridgehead atoms. The first-order chi connectivity index (χ1) is 7.02. The van der Waals surface area contributed by atoms with Gasteiger partial charge in [-0.25, -0.2) is 13.1 Å². The number of hydrogen-bond acceptors (Lipinski definition) is 4. The highest BCUT2D eigenvalue weighted by Gasteiger charge is 2.11. The first-order valence-electron chi connectivity index (χ1n) is 4.27. The number of benzene rings is 1. The quantitative estimate of drug-likeness (QED) is 0.708. The summed E-state index contributed by atoms with van der Waals surface area (Å²) in [5.41, 5.74) is 0. The summed E-state index contributed by atoms with van der Waals surface area (Å²) in [4.78, 5) is 10.2. The predicted octanol–water partition coefficient (Wildman–Crippen LogP) is -0.895. The van der Waals surface area contributed by atoms with Gasteiger partial charge in [-0.2, -0.15) is 0 Å². The molecule has 0 aliphatic rings. The van der Waals surface area contributed by atoms with Crippen LogP contribution in [0.2, 0.25) is 0 Å². The second-order valence-corrected chi connectivity index (χ2v) is 4.60. The molecule has 6 heteroatoms. The van der Waals surface area contributed by atoms with Gasteiger partial charge in [0.05, 0.1) is 4.90 Å². The van der Waals surface area contributed by atoms with Crippen LogP contribution in [0.3, 0.4) is 0 Å². The average Bonchev–Trinajstić information content (AvgIpc) is 2.18. The van der Waals surface area contributed by atoms with Gasteiger partial charge >= 0.3 is 0 Å². The fraction of sp³-hybridized carbons (Fsp3) is 0.222. The maximum Gasteiger partial charge on any atom is 0.240 e. The van der Waals surface area contributed by atoms with E-state index in [2.05, 4.69) is 4.72 Å². The molecule has 0 aliphatic heterocycles. The minimum atomic E-state index is -3.60. The summed E-state index contributed by atoms with van der Waals surface area (Å²) in [7, 11) is -3.60. The van der Waals surface area contributed by atoms with Gasteiger partial charge in [-0.3, -0.25) is 0 Å². The zero-order chi connectivity index (χ0) is 11.3. The summed E-state index contributed by atoms with van der Waals surface area (Å²) < 4.78 is 25.1. The molecule has 0 radical (unpaired) electrons. The minimum absolute atomic E-state index is 0.114. The van der Waals surface area contributed by atoms with Crippen molar-refractivity contribution in [3.63, 3.8) is 0 Å². The molecule has 1 N–H and O–H groups in total. The number of rotatable bonds is 5. The average molecular weight is 228 g/mol. The third-order valence-electron chi connectivity index (χ3n) is 1.67. The maximum absolute atomic E-state index is 11.5. The molecule has 0 amide bonds. The van der Waals surface area contributed by atoms with Gasteiger partial charge in [0.15, 0.2) is 0 Å². The van der Waals surface area contributed by atoms with Crippen LogP contribution in [0.15, 0.2) is 35.2 Å². The van der Waals surface area contributed by atoms with Crippen LogP contribution >= 0.6 is 0 Å². The van der Waals surface area contributed by atoms with Crippen molar-refractivity contribution in [3.05, 3.63) is 30.3 Å². The summed E-state index contributed by atoms with van der Waals surface area (Å²) in [6.07, 6.45) is -0.341. The van der Waals surface area contributed by atoms with E-state index in [-0.39, 0.29) is 17.9 Å². The van der Waals surface area contributed by atoms with Gasteiger partial charge < -0.3 is 9.90 Å². The number of aliphatic carboxylic acids is 1. The smallest absolute Gasteiger partial charge is 0.240 e. The lowest BCUT2D eigenvalue weighted by Gasteiger charge is -2.06. The molecule has 1 aromatic carbocycles. The Morgan fingerprint density at radius 2 is 1.87 bits per heavy atom. The fourth-order valence-electron chi connectivity index (χ4n) is 0.970. The van der Waals surface area contributed by atoms with Crippen LogP contribution in [-0.2, 0) is 14.8 Å². The van der Waals surface area contributed by atoms with E-state index in [1.54, 1.807) is 18.2 Å². The topological polar surface area (TPSA) is 86.3 Å². The Kier molecular flexibility index (Phi) is 3.81. The highest BCUT2D eigenvalue weighted by Crippen LogP contribution is 2.06. The standard InChI is InChI=1S/C9H11NO4S/c11-9(12)6-7-10-15(13,14)8-4-2-1-3-5-8/h1-5,10H,6-7H2,(H,11,12)/p-1. The lowest BCUT2D eigenvalue weighted by Crippen LogP contribution is -2.31. The van der Waals surface area contributed by atoms with Crippen LogP contribution in [0.25, 0.3) is 0 Å². The van der Waals surface area contributed by atoms with E-state index in [4.69, 9.17) is 0 Å². The lowest BCUT2D eigenvalue weighted by molar-refractivity contribution is -0.305. The van der Waals surface area contributed by atoms with Crippen molar-refractivity contribution in [3.8, 4) is 0 Å². The Morgan fingerprint density at radius 1 is 1.27 bits per heavy atom. The molecular formula is C9H10NO4S-. The molecule has 0 aliphatic carbocycles. The highest BCUT2D eigenvalue weighted by atomic mass is 32.2. The molecule has 0 saturated carbocycles. The first kappa shape index (κ1) is 11.7. The van der Waals surface area contributed by atoms with Gasteiger partial charge in [-0.15, -0.1) is 0 Å². The van der Waals surface area contributed by atoms with Gasteiger partial charge in [0.1, 0.15) is 0 Å². The Labute approximate surface area is 87.8 Å². The number of carboxylic acid groups (broad SMARTS) is 1. The van der Waals surface area contributed by atoms with Gasteiger partial charge in [-0.1, -0.05) is 18.2 Å². The number of carbonyl (C=O) groups is 1. The van der Waals surface area contributed by atoms with Gasteiger partial charge in [0.25, 0.3) is 0 Å². The molecule has 0 unspecified atom stereocenters. The molecule has 0 heterocycles. The fourth-order valence-corrected chi connectivity index (χ4v) is 2.02. The van der Waals surface area contributed by atoms with Gasteiger partial charge in [0, 0.05) is 18.9 Å². The predicted molar refractivity (Wildman–Crippen MR) is 51.3 cm³/mol.